The van der Waals surface area contributed by atoms with Crippen molar-refractivity contribution in [1.82, 2.24) is 9.88 Å². The minimum Gasteiger partial charge on any atom is -0.343 e. The number of amides is 1. The molecular formula is C22H25N3O2. The molecule has 1 aromatic heterocycles. The van der Waals surface area contributed by atoms with Crippen LogP contribution in [0.25, 0.3) is 10.9 Å². The van der Waals surface area contributed by atoms with E-state index in [1.807, 2.05) is 48.5 Å². The lowest BCUT2D eigenvalue weighted by atomic mass is 10.0. The Balaban J connectivity index is 0.00000225. The van der Waals surface area contributed by atoms with Crippen molar-refractivity contribution in [2.75, 3.05) is 18.4 Å². The summed E-state index contributed by atoms with van der Waals surface area (Å²) in [4.78, 5) is 25.9. The largest absolute Gasteiger partial charge is 0.343 e. The molecule has 1 amide bonds. The number of nitrogens with one attached hydrogen (secondary N) is 2. The quantitative estimate of drug-likeness (QED) is 0.551. The van der Waals surface area contributed by atoms with Crippen LogP contribution in [0.1, 0.15) is 30.0 Å². The fourth-order valence-corrected chi connectivity index (χ4v) is 3.82. The van der Waals surface area contributed by atoms with Gasteiger partial charge in [-0.3, -0.25) is 9.59 Å². The highest BCUT2D eigenvalue weighted by atomic mass is 16.2. The van der Waals surface area contributed by atoms with Crippen molar-refractivity contribution in [3.05, 3.63) is 65.4 Å². The van der Waals surface area contributed by atoms with Crippen molar-refractivity contribution >= 4 is 28.3 Å². The monoisotopic (exact) mass is 363 g/mol. The van der Waals surface area contributed by atoms with E-state index in [0.29, 0.717) is 11.3 Å². The molecule has 0 radical (unpaired) electrons. The van der Waals surface area contributed by atoms with Crippen LogP contribution >= 0.6 is 0 Å². The van der Waals surface area contributed by atoms with Crippen molar-refractivity contribution < 1.29 is 11.0 Å². The summed E-state index contributed by atoms with van der Waals surface area (Å²) in [5.41, 5.74) is 4.28. The number of carbonyl (C=O) groups is 2. The molecule has 0 bridgehead atoms. The normalized spacial score (nSPS) is 13.8. The lowest BCUT2D eigenvalue weighted by Crippen LogP contribution is -2.24. The topological polar surface area (TPSA) is 63.1 Å². The average Bonchev–Trinajstić information content (AvgIpc) is 2.83. The molecule has 140 valence electrons. The van der Waals surface area contributed by atoms with E-state index in [1.165, 1.54) is 0 Å². The van der Waals surface area contributed by atoms with E-state index in [1.54, 1.807) is 0 Å². The van der Waals surface area contributed by atoms with Gasteiger partial charge in [-0.15, -0.1) is 0 Å². The van der Waals surface area contributed by atoms with Gasteiger partial charge in [-0.25, -0.2) is 0 Å². The van der Waals surface area contributed by atoms with E-state index in [9.17, 15) is 9.59 Å². The van der Waals surface area contributed by atoms with Gasteiger partial charge in [0.05, 0.1) is 5.56 Å². The number of aromatic nitrogens is 1. The minimum atomic E-state index is -0.584. The number of rotatable bonds is 4. The molecule has 2 N–H and O–H groups in total. The summed E-state index contributed by atoms with van der Waals surface area (Å²) >= 11 is 0. The second-order valence-corrected chi connectivity index (χ2v) is 6.83. The zero-order chi connectivity index (χ0) is 18.8. The zero-order valence-corrected chi connectivity index (χ0v) is 15.4. The molecule has 27 heavy (non-hydrogen) atoms. The second-order valence-electron chi connectivity index (χ2n) is 6.83. The molecule has 0 aliphatic carbocycles. The molecule has 0 unspecified atom stereocenters. The van der Waals surface area contributed by atoms with E-state index < -0.39 is 11.7 Å². The molecule has 5 nitrogen and oxygen atoms in total. The lowest BCUT2D eigenvalue weighted by molar-refractivity contribution is -0.112. The molecule has 1 aliphatic rings. The van der Waals surface area contributed by atoms with Crippen LogP contribution in [0.2, 0.25) is 0 Å². The van der Waals surface area contributed by atoms with E-state index in [2.05, 4.69) is 22.1 Å². The third kappa shape index (κ3) is 3.26. The molecular weight excluding hydrogens is 338 g/mol. The van der Waals surface area contributed by atoms with Crippen molar-refractivity contribution in [2.45, 2.75) is 26.3 Å². The minimum absolute atomic E-state index is 0. The van der Waals surface area contributed by atoms with E-state index >= 15 is 0 Å². The van der Waals surface area contributed by atoms with E-state index in [4.69, 9.17) is 0 Å². The van der Waals surface area contributed by atoms with Gasteiger partial charge in [-0.1, -0.05) is 37.3 Å². The summed E-state index contributed by atoms with van der Waals surface area (Å²) < 4.78 is 2.17. The summed E-state index contributed by atoms with van der Waals surface area (Å²) in [7, 11) is 0. The fraction of sp³-hybridized carbons (Fsp3) is 0.273. The van der Waals surface area contributed by atoms with Gasteiger partial charge < -0.3 is 15.2 Å². The Morgan fingerprint density at radius 1 is 1.15 bits per heavy atom. The second kappa shape index (κ2) is 7.37. The van der Waals surface area contributed by atoms with E-state index in [-0.39, 0.29) is 1.43 Å². The van der Waals surface area contributed by atoms with Gasteiger partial charge >= 0.3 is 0 Å². The number of hydrogen-bond donors (Lipinski definition) is 2. The van der Waals surface area contributed by atoms with Crippen LogP contribution < -0.4 is 10.6 Å². The molecule has 5 heteroatoms. The van der Waals surface area contributed by atoms with Gasteiger partial charge in [0.15, 0.2) is 0 Å². The van der Waals surface area contributed by atoms with Crippen LogP contribution in [0.4, 0.5) is 5.69 Å². The maximum atomic E-state index is 13.1. The molecule has 3 aromatic rings. The number of nitrogens with zero attached hydrogens (tertiary/aromatic N) is 1. The van der Waals surface area contributed by atoms with Gasteiger partial charge in [0.25, 0.3) is 11.7 Å². The van der Waals surface area contributed by atoms with Crippen LogP contribution in [-0.4, -0.2) is 29.3 Å². The summed E-state index contributed by atoms with van der Waals surface area (Å²) in [6.07, 6.45) is 1.61. The molecule has 0 saturated heterocycles. The first-order chi connectivity index (χ1) is 13.2. The maximum absolute atomic E-state index is 13.1. The molecule has 2 aromatic carbocycles. The Morgan fingerprint density at radius 3 is 2.85 bits per heavy atom. The van der Waals surface area contributed by atoms with Gasteiger partial charge in [0.1, 0.15) is 0 Å². The van der Waals surface area contributed by atoms with Crippen molar-refractivity contribution in [3.8, 4) is 0 Å². The first-order valence-electron chi connectivity index (χ1n) is 9.44. The molecule has 1 aliphatic heterocycles. The van der Waals surface area contributed by atoms with Crippen molar-refractivity contribution in [3.63, 3.8) is 0 Å². The lowest BCUT2D eigenvalue weighted by Gasteiger charge is -2.08. The average molecular weight is 363 g/mol. The summed E-state index contributed by atoms with van der Waals surface area (Å²) in [6, 6.07) is 15.5. The molecule has 2 heterocycles. The molecule has 0 fully saturated rings. The van der Waals surface area contributed by atoms with Gasteiger partial charge in [0.2, 0.25) is 0 Å². The first kappa shape index (κ1) is 17.5. The van der Waals surface area contributed by atoms with Crippen LogP contribution in [-0.2, 0) is 24.2 Å². The molecule has 0 atom stereocenters. The number of carbonyl (C=O) groups excluding carboxylic acids is 2. The Morgan fingerprint density at radius 2 is 2.00 bits per heavy atom. The number of hydrogen-bond acceptors (Lipinski definition) is 3. The maximum Gasteiger partial charge on any atom is 0.296 e. The van der Waals surface area contributed by atoms with Crippen molar-refractivity contribution in [1.29, 1.82) is 0 Å². The number of aryl methyl sites for hydroxylation is 1. The number of anilines is 1. The first-order valence-corrected chi connectivity index (χ1v) is 9.44. The number of Topliss-reactive ketones (excluding diaryl/α,β-unsaturated/α-hetero) is 1. The third-order valence-electron chi connectivity index (χ3n) is 5.16. The summed E-state index contributed by atoms with van der Waals surface area (Å²) in [5.74, 6) is -1.05. The summed E-state index contributed by atoms with van der Waals surface area (Å²) in [6.45, 7) is 4.51. The highest BCUT2D eigenvalue weighted by Gasteiger charge is 2.27. The SMILES string of the molecule is CCc1cccc(NC(=O)C(=O)c2c3n(c4ccccc24)CCNCC3)c1.[HH]. The van der Waals surface area contributed by atoms with Gasteiger partial charge in [-0.2, -0.15) is 0 Å². The molecule has 0 spiro atoms. The van der Waals surface area contributed by atoms with Gasteiger partial charge in [-0.05, 0) is 30.2 Å². The fourth-order valence-electron chi connectivity index (χ4n) is 3.82. The van der Waals surface area contributed by atoms with Crippen LogP contribution in [0.15, 0.2) is 48.5 Å². The van der Waals surface area contributed by atoms with Crippen LogP contribution in [0.3, 0.4) is 0 Å². The number of para-hydroxylation sites is 1. The Hall–Kier alpha value is -2.92. The van der Waals surface area contributed by atoms with Gasteiger partial charge in [0, 0.05) is 49.8 Å². The predicted octanol–water partition coefficient (Wildman–Crippen LogP) is 3.42. The Kier molecular flexibility index (Phi) is 4.77. The number of benzene rings is 2. The number of fused-ring (bicyclic) bond motifs is 3. The van der Waals surface area contributed by atoms with Crippen molar-refractivity contribution in [2.24, 2.45) is 0 Å². The zero-order valence-electron chi connectivity index (χ0n) is 15.4. The summed E-state index contributed by atoms with van der Waals surface area (Å²) in [5, 5.41) is 7.00. The van der Waals surface area contributed by atoms with Crippen LogP contribution in [0.5, 0.6) is 0 Å². The Labute approximate surface area is 159 Å². The van der Waals surface area contributed by atoms with Crippen LogP contribution in [0, 0.1) is 0 Å². The Bertz CT molecular complexity index is 1030. The predicted molar refractivity (Wildman–Crippen MR) is 109 cm³/mol. The standard InChI is InChI=1S/C22H23N3O2.H2/c1-2-15-6-5-7-16(14-15)24-22(27)21(26)20-17-8-3-4-9-18(17)25-13-12-23-11-10-19(20)25;/h3-9,14,23H,2,10-13H2,1H3,(H,24,27);1H. The highest BCUT2D eigenvalue weighted by Crippen LogP contribution is 2.28. The molecule has 0 saturated carbocycles. The van der Waals surface area contributed by atoms with E-state index in [0.717, 1.165) is 54.6 Å². The third-order valence-corrected chi connectivity index (χ3v) is 5.16. The number of ketones is 1. The smallest absolute Gasteiger partial charge is 0.296 e. The highest BCUT2D eigenvalue weighted by molar-refractivity contribution is 6.48. The molecule has 4 rings (SSSR count).